The average molecular weight is 362 g/mol. The predicted molar refractivity (Wildman–Crippen MR) is 90.0 cm³/mol. The number of pyridine rings is 1. The van der Waals surface area contributed by atoms with Crippen molar-refractivity contribution < 1.29 is 18.7 Å². The van der Waals surface area contributed by atoms with Crippen molar-refractivity contribution in [2.45, 2.75) is 0 Å². The number of hydrogen-bond donors (Lipinski definition) is 3. The molecule has 0 saturated heterocycles. The molecule has 0 radical (unpaired) electrons. The van der Waals surface area contributed by atoms with Crippen molar-refractivity contribution >= 4 is 40.3 Å². The summed E-state index contributed by atoms with van der Waals surface area (Å²) in [5.41, 5.74) is 1.01. The Labute approximate surface area is 146 Å². The number of rotatable bonds is 3. The van der Waals surface area contributed by atoms with Gasteiger partial charge in [-0.2, -0.15) is 0 Å². The van der Waals surface area contributed by atoms with Crippen LogP contribution in [0.25, 0.3) is 11.1 Å². The van der Waals surface area contributed by atoms with Gasteiger partial charge in [-0.25, -0.2) is 16.7 Å². The van der Waals surface area contributed by atoms with Crippen LogP contribution < -0.4 is 21.7 Å². The van der Waals surface area contributed by atoms with E-state index in [1.807, 2.05) is 0 Å². The largest absolute Gasteiger partial charge is 0.470 e. The van der Waals surface area contributed by atoms with E-state index in [1.165, 1.54) is 31.4 Å². The van der Waals surface area contributed by atoms with Gasteiger partial charge in [0.1, 0.15) is 5.82 Å². The Bertz CT molecular complexity index is 967. The molecule has 0 fully saturated rings. The molecule has 3 rings (SSSR count). The van der Waals surface area contributed by atoms with Crippen LogP contribution in [0.2, 0.25) is 5.02 Å². The quantitative estimate of drug-likeness (QED) is 0.272. The van der Waals surface area contributed by atoms with Crippen molar-refractivity contribution in [1.29, 1.82) is 0 Å². The Morgan fingerprint density at radius 1 is 1.32 bits per heavy atom. The number of amides is 2. The molecule has 0 unspecified atom stereocenters. The molecule has 0 atom stereocenters. The fraction of sp³-hybridized carbons (Fsp3) is 0.0667. The van der Waals surface area contributed by atoms with Crippen LogP contribution in [-0.2, 0) is 0 Å². The first-order valence-electron chi connectivity index (χ1n) is 7.06. The zero-order chi connectivity index (χ0) is 18.1. The first kappa shape index (κ1) is 16.7. The number of nitrogens with two attached hydrogens (primary N) is 2. The Hall–Kier alpha value is -3.17. The Kier molecular flexibility index (Phi) is 4.26. The molecule has 5 N–H and O–H groups in total. The highest BCUT2D eigenvalue weighted by Crippen LogP contribution is 2.17. The van der Waals surface area contributed by atoms with Crippen LogP contribution in [0.1, 0.15) is 21.0 Å². The van der Waals surface area contributed by atoms with Crippen LogP contribution in [0, 0.1) is 0 Å². The molecular formula is C15H14ClN6O3+. The molecule has 9 nitrogen and oxygen atoms in total. The number of carbonyl (C=O) groups excluding carboxylic acids is 2. The van der Waals surface area contributed by atoms with Crippen LogP contribution in [0.15, 0.2) is 40.9 Å². The minimum absolute atomic E-state index is 0.155. The topological polar surface area (TPSA) is 131 Å². The maximum Gasteiger partial charge on any atom is 0.470 e. The molecule has 0 aliphatic carbocycles. The van der Waals surface area contributed by atoms with Crippen molar-refractivity contribution in [1.82, 2.24) is 9.99 Å². The Morgan fingerprint density at radius 3 is 2.72 bits per heavy atom. The van der Waals surface area contributed by atoms with E-state index in [2.05, 4.69) is 10.3 Å². The number of nitrogen functional groups attached to an aromatic ring is 1. The van der Waals surface area contributed by atoms with Gasteiger partial charge in [0.05, 0.1) is 5.02 Å². The van der Waals surface area contributed by atoms with Crippen LogP contribution in [0.3, 0.4) is 0 Å². The van der Waals surface area contributed by atoms with Crippen LogP contribution in [0.4, 0.5) is 5.82 Å². The highest BCUT2D eigenvalue weighted by molar-refractivity contribution is 6.30. The smallest absolute Gasteiger partial charge is 0.392 e. The molecule has 0 saturated carbocycles. The maximum absolute atomic E-state index is 12.3. The van der Waals surface area contributed by atoms with E-state index in [4.69, 9.17) is 27.7 Å². The minimum atomic E-state index is -0.600. The second kappa shape index (κ2) is 6.38. The monoisotopic (exact) mass is 361 g/mol. The number of benzene rings is 1. The second-order valence-electron chi connectivity index (χ2n) is 5.19. The lowest BCUT2D eigenvalue weighted by Crippen LogP contribution is -2.49. The van der Waals surface area contributed by atoms with E-state index >= 15 is 0 Å². The van der Waals surface area contributed by atoms with Gasteiger partial charge >= 0.3 is 11.8 Å². The molecule has 0 aliphatic heterocycles. The molecule has 2 aromatic heterocycles. The van der Waals surface area contributed by atoms with Gasteiger partial charge in [-0.3, -0.25) is 19.9 Å². The molecule has 2 heterocycles. The van der Waals surface area contributed by atoms with E-state index in [1.54, 1.807) is 12.1 Å². The lowest BCUT2D eigenvalue weighted by Gasteiger charge is -2.08. The summed E-state index contributed by atoms with van der Waals surface area (Å²) in [6.07, 6.45) is 1.40. The summed E-state index contributed by atoms with van der Waals surface area (Å²) in [5.74, 6) is 10.5. The molecule has 3 aromatic rings. The van der Waals surface area contributed by atoms with Gasteiger partial charge in [0.2, 0.25) is 5.58 Å². The van der Waals surface area contributed by atoms with Crippen molar-refractivity contribution in [3.8, 4) is 0 Å². The van der Waals surface area contributed by atoms with Gasteiger partial charge < -0.3 is 4.42 Å². The summed E-state index contributed by atoms with van der Waals surface area (Å²) in [4.78, 5) is 28.2. The SMILES string of the molecule is CN(N)C(=O)c1ccc2c(c1)oc(C(=O)Nc1ccc(Cl)cn1)[n+]2N. The van der Waals surface area contributed by atoms with Crippen LogP contribution in [-0.4, -0.2) is 28.9 Å². The number of hydrogen-bond acceptors (Lipinski definition) is 6. The number of anilines is 1. The number of carbonyl (C=O) groups is 2. The zero-order valence-electron chi connectivity index (χ0n) is 13.1. The van der Waals surface area contributed by atoms with Gasteiger partial charge in [-0.05, 0) is 22.9 Å². The predicted octanol–water partition coefficient (Wildman–Crippen LogP) is 0.681. The van der Waals surface area contributed by atoms with Gasteiger partial charge in [0.15, 0.2) is 0 Å². The van der Waals surface area contributed by atoms with Gasteiger partial charge in [-0.15, -0.1) is 0 Å². The highest BCUT2D eigenvalue weighted by atomic mass is 35.5. The summed E-state index contributed by atoms with van der Waals surface area (Å²) in [5, 5.41) is 3.93. The number of halogens is 1. The molecular weight excluding hydrogens is 348 g/mol. The summed E-state index contributed by atoms with van der Waals surface area (Å²) < 4.78 is 6.57. The third-order valence-corrected chi connectivity index (χ3v) is 3.60. The third kappa shape index (κ3) is 3.23. The summed E-state index contributed by atoms with van der Waals surface area (Å²) in [6, 6.07) is 7.68. The van der Waals surface area contributed by atoms with Gasteiger partial charge in [0.25, 0.3) is 11.4 Å². The van der Waals surface area contributed by atoms with Crippen LogP contribution in [0.5, 0.6) is 0 Å². The summed E-state index contributed by atoms with van der Waals surface area (Å²) in [7, 11) is 1.43. The molecule has 0 bridgehead atoms. The van der Waals surface area contributed by atoms with E-state index in [0.29, 0.717) is 16.1 Å². The number of fused-ring (bicyclic) bond motifs is 1. The van der Waals surface area contributed by atoms with E-state index < -0.39 is 11.8 Å². The Balaban J connectivity index is 1.93. The normalized spacial score (nSPS) is 10.7. The van der Waals surface area contributed by atoms with Crippen LogP contribution >= 0.6 is 11.6 Å². The highest BCUT2D eigenvalue weighted by Gasteiger charge is 2.29. The minimum Gasteiger partial charge on any atom is -0.392 e. The summed E-state index contributed by atoms with van der Waals surface area (Å²) >= 11 is 5.75. The number of nitrogens with one attached hydrogen (secondary N) is 1. The van der Waals surface area contributed by atoms with Crippen molar-refractivity contribution in [2.75, 3.05) is 18.2 Å². The van der Waals surface area contributed by atoms with Crippen molar-refractivity contribution in [3.63, 3.8) is 0 Å². The van der Waals surface area contributed by atoms with E-state index in [9.17, 15) is 9.59 Å². The molecule has 0 aliphatic rings. The molecule has 25 heavy (non-hydrogen) atoms. The fourth-order valence-corrected chi connectivity index (χ4v) is 2.28. The average Bonchev–Trinajstić information content (AvgIpc) is 2.92. The standard InChI is InChI=1S/C15H13ClN6O3/c1-21(17)14(24)8-2-4-10-11(6-8)25-15(22(10)18)13(23)20-12-5-3-9(16)7-19-12/h2-7H,17H2,1H3,(H2-,18,19,20,23)/p+1. The molecule has 10 heteroatoms. The van der Waals surface area contributed by atoms with Crippen molar-refractivity contribution in [3.05, 3.63) is 53.0 Å². The zero-order valence-corrected chi connectivity index (χ0v) is 13.8. The van der Waals surface area contributed by atoms with Crippen molar-refractivity contribution in [2.24, 2.45) is 5.84 Å². The molecule has 128 valence electrons. The first-order valence-corrected chi connectivity index (χ1v) is 7.44. The van der Waals surface area contributed by atoms with Gasteiger partial charge in [0, 0.05) is 30.9 Å². The first-order chi connectivity index (χ1) is 11.9. The number of aromatic nitrogens is 2. The Morgan fingerprint density at radius 2 is 2.08 bits per heavy atom. The third-order valence-electron chi connectivity index (χ3n) is 3.38. The van der Waals surface area contributed by atoms with Gasteiger partial charge in [-0.1, -0.05) is 11.6 Å². The fourth-order valence-electron chi connectivity index (χ4n) is 2.17. The second-order valence-corrected chi connectivity index (χ2v) is 5.63. The lowest BCUT2D eigenvalue weighted by molar-refractivity contribution is -0.619. The molecule has 1 aromatic carbocycles. The number of oxazole rings is 1. The maximum atomic E-state index is 12.3. The number of nitrogens with zero attached hydrogens (tertiary/aromatic N) is 3. The van der Waals surface area contributed by atoms with E-state index in [0.717, 1.165) is 9.69 Å². The number of hydrazine groups is 1. The summed E-state index contributed by atoms with van der Waals surface area (Å²) in [6.45, 7) is 0. The molecule has 0 spiro atoms. The van der Waals surface area contributed by atoms with E-state index in [-0.39, 0.29) is 17.3 Å². The molecule has 2 amide bonds. The lowest BCUT2D eigenvalue weighted by atomic mass is 10.2.